The van der Waals surface area contributed by atoms with Gasteiger partial charge in [0.2, 0.25) is 0 Å². The molecule has 110 valence electrons. The number of nitrogens with one attached hydrogen (secondary N) is 2. The van der Waals surface area contributed by atoms with Gasteiger partial charge in [0.1, 0.15) is 0 Å². The second-order valence-corrected chi connectivity index (χ2v) is 6.07. The predicted molar refractivity (Wildman–Crippen MR) is 84.0 cm³/mol. The molecule has 3 heteroatoms. The Morgan fingerprint density at radius 1 is 1.20 bits per heavy atom. The fraction of sp³-hybridized carbons (Fsp3) is 0.588. The van der Waals surface area contributed by atoms with Crippen LogP contribution in [0.15, 0.2) is 24.3 Å². The van der Waals surface area contributed by atoms with Crippen LogP contribution >= 0.6 is 0 Å². The lowest BCUT2D eigenvalue weighted by atomic mass is 9.78. The van der Waals surface area contributed by atoms with E-state index in [0.29, 0.717) is 17.9 Å². The number of amides is 1. The van der Waals surface area contributed by atoms with Crippen molar-refractivity contribution < 1.29 is 4.79 Å². The molecule has 1 amide bonds. The van der Waals surface area contributed by atoms with E-state index in [1.807, 2.05) is 31.3 Å². The highest BCUT2D eigenvalue weighted by atomic mass is 16.1. The summed E-state index contributed by atoms with van der Waals surface area (Å²) >= 11 is 0. The van der Waals surface area contributed by atoms with Crippen LogP contribution < -0.4 is 10.6 Å². The maximum absolute atomic E-state index is 12.5. The molecule has 0 heterocycles. The minimum Gasteiger partial charge on any atom is -0.387 e. The van der Waals surface area contributed by atoms with Crippen LogP contribution in [0.1, 0.15) is 49.9 Å². The minimum absolute atomic E-state index is 0.0486. The van der Waals surface area contributed by atoms with E-state index in [1.165, 1.54) is 19.3 Å². The van der Waals surface area contributed by atoms with Gasteiger partial charge in [-0.1, -0.05) is 38.8 Å². The number of hydrogen-bond donors (Lipinski definition) is 2. The molecule has 2 rings (SSSR count). The number of carbonyl (C=O) groups excluding carboxylic acids is 1. The number of anilines is 1. The van der Waals surface area contributed by atoms with Crippen molar-refractivity contribution in [3.05, 3.63) is 29.8 Å². The predicted octanol–water partition coefficient (Wildman–Crippen LogP) is 3.67. The number of carbonyl (C=O) groups is 1. The Labute approximate surface area is 122 Å². The van der Waals surface area contributed by atoms with Crippen LogP contribution in [0, 0.1) is 11.8 Å². The first kappa shape index (κ1) is 14.9. The van der Waals surface area contributed by atoms with Crippen LogP contribution in [0.25, 0.3) is 0 Å². The monoisotopic (exact) mass is 274 g/mol. The summed E-state index contributed by atoms with van der Waals surface area (Å²) in [6.07, 6.45) is 4.86. The Morgan fingerprint density at radius 2 is 1.90 bits per heavy atom. The average Bonchev–Trinajstić information content (AvgIpc) is 2.47. The van der Waals surface area contributed by atoms with Crippen LogP contribution in [-0.2, 0) is 0 Å². The van der Waals surface area contributed by atoms with Crippen LogP contribution in [0.5, 0.6) is 0 Å². The Morgan fingerprint density at radius 3 is 2.60 bits per heavy atom. The third-order valence-corrected chi connectivity index (χ3v) is 4.43. The zero-order valence-corrected chi connectivity index (χ0v) is 12.8. The molecule has 1 aromatic carbocycles. The molecule has 20 heavy (non-hydrogen) atoms. The number of benzene rings is 1. The summed E-state index contributed by atoms with van der Waals surface area (Å²) in [6.45, 7) is 4.52. The molecule has 0 aromatic heterocycles. The van der Waals surface area contributed by atoms with Crippen molar-refractivity contribution in [2.24, 2.45) is 11.8 Å². The fourth-order valence-corrected chi connectivity index (χ4v) is 3.28. The molecule has 0 saturated heterocycles. The summed E-state index contributed by atoms with van der Waals surface area (Å²) in [7, 11) is 1.85. The summed E-state index contributed by atoms with van der Waals surface area (Å²) in [5.74, 6) is 1.28. The molecule has 1 aliphatic rings. The van der Waals surface area contributed by atoms with Gasteiger partial charge in [0.05, 0.1) is 5.56 Å². The molecule has 2 N–H and O–H groups in total. The highest BCUT2D eigenvalue weighted by Crippen LogP contribution is 2.30. The summed E-state index contributed by atoms with van der Waals surface area (Å²) in [5.41, 5.74) is 1.63. The van der Waals surface area contributed by atoms with E-state index in [4.69, 9.17) is 0 Å². The van der Waals surface area contributed by atoms with E-state index in [9.17, 15) is 4.79 Å². The minimum atomic E-state index is 0.0486. The smallest absolute Gasteiger partial charge is 0.253 e. The van der Waals surface area contributed by atoms with Gasteiger partial charge in [0.25, 0.3) is 5.91 Å². The fourth-order valence-electron chi connectivity index (χ4n) is 3.28. The standard InChI is InChI=1S/C17H26N2O/c1-12(2)13-8-4-7-11-16(13)19-17(20)14-9-5-6-10-15(14)18-3/h5-6,9-10,12-13,16,18H,4,7-8,11H2,1-3H3,(H,19,20). The third-order valence-electron chi connectivity index (χ3n) is 4.43. The molecule has 2 unspecified atom stereocenters. The molecule has 1 aromatic rings. The normalized spacial score (nSPS) is 22.6. The van der Waals surface area contributed by atoms with Crippen LogP contribution in [0.4, 0.5) is 5.69 Å². The van der Waals surface area contributed by atoms with Crippen molar-refractivity contribution >= 4 is 11.6 Å². The van der Waals surface area contributed by atoms with E-state index >= 15 is 0 Å². The highest BCUT2D eigenvalue weighted by Gasteiger charge is 2.29. The Kier molecular flexibility index (Phi) is 5.05. The van der Waals surface area contributed by atoms with E-state index in [2.05, 4.69) is 24.5 Å². The van der Waals surface area contributed by atoms with Gasteiger partial charge in [-0.25, -0.2) is 0 Å². The van der Waals surface area contributed by atoms with Crippen LogP contribution in [0.3, 0.4) is 0 Å². The van der Waals surface area contributed by atoms with Crippen molar-refractivity contribution in [3.63, 3.8) is 0 Å². The SMILES string of the molecule is CNc1ccccc1C(=O)NC1CCCCC1C(C)C. The van der Waals surface area contributed by atoms with E-state index in [-0.39, 0.29) is 5.91 Å². The molecule has 1 fully saturated rings. The molecular formula is C17H26N2O. The van der Waals surface area contributed by atoms with Gasteiger partial charge in [-0.3, -0.25) is 4.79 Å². The largest absolute Gasteiger partial charge is 0.387 e. The summed E-state index contributed by atoms with van der Waals surface area (Å²) in [5, 5.41) is 6.35. The van der Waals surface area contributed by atoms with Crippen molar-refractivity contribution in [1.29, 1.82) is 0 Å². The second-order valence-electron chi connectivity index (χ2n) is 6.07. The zero-order chi connectivity index (χ0) is 14.5. The van der Waals surface area contributed by atoms with Gasteiger partial charge in [0.15, 0.2) is 0 Å². The Hall–Kier alpha value is -1.51. The second kappa shape index (κ2) is 6.78. The number of para-hydroxylation sites is 1. The van der Waals surface area contributed by atoms with Crippen molar-refractivity contribution in [1.82, 2.24) is 5.32 Å². The van der Waals surface area contributed by atoms with E-state index < -0.39 is 0 Å². The quantitative estimate of drug-likeness (QED) is 0.879. The third kappa shape index (κ3) is 3.33. The topological polar surface area (TPSA) is 41.1 Å². The van der Waals surface area contributed by atoms with Gasteiger partial charge in [-0.2, -0.15) is 0 Å². The lowest BCUT2D eigenvalue weighted by molar-refractivity contribution is 0.0890. The van der Waals surface area contributed by atoms with Crippen LogP contribution in [-0.4, -0.2) is 19.0 Å². The lowest BCUT2D eigenvalue weighted by Gasteiger charge is -2.35. The molecule has 0 spiro atoms. The molecule has 0 aliphatic heterocycles. The van der Waals surface area contributed by atoms with Crippen molar-refractivity contribution in [2.45, 2.75) is 45.6 Å². The maximum Gasteiger partial charge on any atom is 0.253 e. The van der Waals surface area contributed by atoms with Crippen molar-refractivity contribution in [2.75, 3.05) is 12.4 Å². The van der Waals surface area contributed by atoms with E-state index in [0.717, 1.165) is 17.7 Å². The molecule has 0 radical (unpaired) electrons. The first-order valence-corrected chi connectivity index (χ1v) is 7.71. The number of hydrogen-bond acceptors (Lipinski definition) is 2. The first-order chi connectivity index (χ1) is 9.63. The summed E-state index contributed by atoms with van der Waals surface area (Å²) in [4.78, 5) is 12.5. The van der Waals surface area contributed by atoms with Gasteiger partial charge < -0.3 is 10.6 Å². The Bertz CT molecular complexity index is 456. The molecular weight excluding hydrogens is 248 g/mol. The first-order valence-electron chi connectivity index (χ1n) is 7.71. The maximum atomic E-state index is 12.5. The van der Waals surface area contributed by atoms with E-state index in [1.54, 1.807) is 0 Å². The van der Waals surface area contributed by atoms with Crippen LogP contribution in [0.2, 0.25) is 0 Å². The van der Waals surface area contributed by atoms with Crippen molar-refractivity contribution in [3.8, 4) is 0 Å². The molecule has 1 aliphatic carbocycles. The van der Waals surface area contributed by atoms with Gasteiger partial charge >= 0.3 is 0 Å². The van der Waals surface area contributed by atoms with Gasteiger partial charge in [-0.15, -0.1) is 0 Å². The summed E-state index contributed by atoms with van der Waals surface area (Å²) < 4.78 is 0. The zero-order valence-electron chi connectivity index (χ0n) is 12.8. The van der Waals surface area contributed by atoms with Gasteiger partial charge in [0, 0.05) is 18.8 Å². The van der Waals surface area contributed by atoms with Gasteiger partial charge in [-0.05, 0) is 36.8 Å². The average molecular weight is 274 g/mol. The summed E-state index contributed by atoms with van der Waals surface area (Å²) in [6, 6.07) is 8.00. The number of rotatable bonds is 4. The molecule has 3 nitrogen and oxygen atoms in total. The molecule has 0 bridgehead atoms. The Balaban J connectivity index is 2.10. The molecule has 2 atom stereocenters. The lowest BCUT2D eigenvalue weighted by Crippen LogP contribution is -2.44. The highest BCUT2D eigenvalue weighted by molar-refractivity contribution is 5.99. The molecule has 1 saturated carbocycles.